The molecule has 0 aliphatic rings. The number of hydrogen-bond acceptors (Lipinski definition) is 3. The summed E-state index contributed by atoms with van der Waals surface area (Å²) < 4.78 is 11.4. The third-order valence-corrected chi connectivity index (χ3v) is 2.93. The lowest BCUT2D eigenvalue weighted by Gasteiger charge is -2.22. The van der Waals surface area contributed by atoms with Gasteiger partial charge in [-0.3, -0.25) is 0 Å². The fourth-order valence-corrected chi connectivity index (χ4v) is 1.94. The number of nitrogens with two attached hydrogens (primary N) is 1. The first kappa shape index (κ1) is 15.0. The SMILES string of the molecule is CCCC(N)C(CC)OCCOc1ccccc1. The number of ether oxygens (including phenoxy) is 2. The van der Waals surface area contributed by atoms with Gasteiger partial charge in [0.1, 0.15) is 12.4 Å². The Kier molecular flexibility index (Phi) is 7.46. The van der Waals surface area contributed by atoms with Crippen molar-refractivity contribution in [1.82, 2.24) is 0 Å². The van der Waals surface area contributed by atoms with E-state index in [0.29, 0.717) is 13.2 Å². The summed E-state index contributed by atoms with van der Waals surface area (Å²) >= 11 is 0. The zero-order valence-corrected chi connectivity index (χ0v) is 11.5. The Morgan fingerprint density at radius 1 is 1.11 bits per heavy atom. The molecule has 3 nitrogen and oxygen atoms in total. The van der Waals surface area contributed by atoms with Crippen LogP contribution in [0.25, 0.3) is 0 Å². The molecule has 0 heterocycles. The summed E-state index contributed by atoms with van der Waals surface area (Å²) in [5.41, 5.74) is 6.07. The Labute approximate surface area is 110 Å². The van der Waals surface area contributed by atoms with E-state index in [2.05, 4.69) is 13.8 Å². The molecule has 0 aromatic heterocycles. The highest BCUT2D eigenvalue weighted by molar-refractivity contribution is 5.20. The van der Waals surface area contributed by atoms with Gasteiger partial charge in [-0.2, -0.15) is 0 Å². The van der Waals surface area contributed by atoms with Crippen LogP contribution in [0.3, 0.4) is 0 Å². The average Bonchev–Trinajstić information content (AvgIpc) is 2.40. The van der Waals surface area contributed by atoms with Crippen LogP contribution >= 0.6 is 0 Å². The summed E-state index contributed by atoms with van der Waals surface area (Å²) in [5.74, 6) is 0.881. The number of para-hydroxylation sites is 1. The minimum absolute atomic E-state index is 0.136. The molecule has 0 saturated carbocycles. The van der Waals surface area contributed by atoms with Gasteiger partial charge in [0.2, 0.25) is 0 Å². The molecular weight excluding hydrogens is 226 g/mol. The van der Waals surface area contributed by atoms with Gasteiger partial charge >= 0.3 is 0 Å². The van der Waals surface area contributed by atoms with Crippen LogP contribution in [0.1, 0.15) is 33.1 Å². The van der Waals surface area contributed by atoms with Crippen molar-refractivity contribution in [3.05, 3.63) is 30.3 Å². The van der Waals surface area contributed by atoms with E-state index in [-0.39, 0.29) is 12.1 Å². The molecule has 0 saturated heterocycles. The molecule has 2 unspecified atom stereocenters. The third kappa shape index (κ3) is 5.52. The molecule has 0 amide bonds. The maximum absolute atomic E-state index is 6.07. The lowest BCUT2D eigenvalue weighted by molar-refractivity contribution is 0.0150. The molecule has 102 valence electrons. The molecule has 3 heteroatoms. The van der Waals surface area contributed by atoms with Gasteiger partial charge in [-0.25, -0.2) is 0 Å². The van der Waals surface area contributed by atoms with Crippen LogP contribution in [0.2, 0.25) is 0 Å². The second-order valence-corrected chi connectivity index (χ2v) is 4.43. The van der Waals surface area contributed by atoms with Crippen molar-refractivity contribution in [1.29, 1.82) is 0 Å². The highest BCUT2D eigenvalue weighted by Crippen LogP contribution is 2.10. The highest BCUT2D eigenvalue weighted by Gasteiger charge is 2.15. The van der Waals surface area contributed by atoms with Gasteiger partial charge in [0.25, 0.3) is 0 Å². The summed E-state index contributed by atoms with van der Waals surface area (Å²) in [5, 5.41) is 0. The minimum Gasteiger partial charge on any atom is -0.491 e. The summed E-state index contributed by atoms with van der Waals surface area (Å²) in [6.07, 6.45) is 3.20. The Bertz CT molecular complexity index is 303. The smallest absolute Gasteiger partial charge is 0.119 e. The van der Waals surface area contributed by atoms with E-state index in [4.69, 9.17) is 15.2 Å². The van der Waals surface area contributed by atoms with E-state index in [9.17, 15) is 0 Å². The molecule has 0 aliphatic heterocycles. The molecule has 1 rings (SSSR count). The Morgan fingerprint density at radius 3 is 2.44 bits per heavy atom. The fraction of sp³-hybridized carbons (Fsp3) is 0.600. The Balaban J connectivity index is 2.19. The maximum atomic E-state index is 6.07. The summed E-state index contributed by atoms with van der Waals surface area (Å²) in [7, 11) is 0. The quantitative estimate of drug-likeness (QED) is 0.686. The lowest BCUT2D eigenvalue weighted by atomic mass is 10.1. The van der Waals surface area contributed by atoms with Crippen LogP contribution in [0, 0.1) is 0 Å². The van der Waals surface area contributed by atoms with E-state index in [0.717, 1.165) is 25.0 Å². The Hall–Kier alpha value is -1.06. The molecule has 0 radical (unpaired) electrons. The highest BCUT2D eigenvalue weighted by atomic mass is 16.5. The standard InChI is InChI=1S/C15H25NO2/c1-3-8-14(16)15(4-2)18-12-11-17-13-9-6-5-7-10-13/h5-7,9-10,14-15H,3-4,8,11-12,16H2,1-2H3. The number of hydrogen-bond donors (Lipinski definition) is 1. The van der Waals surface area contributed by atoms with Gasteiger partial charge < -0.3 is 15.2 Å². The molecule has 1 aromatic rings. The van der Waals surface area contributed by atoms with Gasteiger partial charge in [-0.15, -0.1) is 0 Å². The maximum Gasteiger partial charge on any atom is 0.119 e. The molecular formula is C15H25NO2. The molecule has 2 N–H and O–H groups in total. The van der Waals surface area contributed by atoms with Gasteiger partial charge in [0.05, 0.1) is 12.7 Å². The van der Waals surface area contributed by atoms with Gasteiger partial charge in [-0.05, 0) is 25.0 Å². The van der Waals surface area contributed by atoms with E-state index < -0.39 is 0 Å². The van der Waals surface area contributed by atoms with Crippen molar-refractivity contribution in [3.8, 4) is 5.75 Å². The molecule has 2 atom stereocenters. The van der Waals surface area contributed by atoms with Gasteiger partial charge in [-0.1, -0.05) is 38.5 Å². The molecule has 0 spiro atoms. The van der Waals surface area contributed by atoms with Crippen molar-refractivity contribution in [2.24, 2.45) is 5.73 Å². The van der Waals surface area contributed by atoms with E-state index >= 15 is 0 Å². The molecule has 18 heavy (non-hydrogen) atoms. The first-order valence-corrected chi connectivity index (χ1v) is 6.83. The second kappa shape index (κ2) is 8.95. The van der Waals surface area contributed by atoms with Gasteiger partial charge in [0.15, 0.2) is 0 Å². The van der Waals surface area contributed by atoms with Crippen LogP contribution < -0.4 is 10.5 Å². The molecule has 0 aliphatic carbocycles. The first-order valence-electron chi connectivity index (χ1n) is 6.83. The summed E-state index contributed by atoms with van der Waals surface area (Å²) in [4.78, 5) is 0. The van der Waals surface area contributed by atoms with Crippen molar-refractivity contribution >= 4 is 0 Å². The minimum atomic E-state index is 0.136. The molecule has 0 bridgehead atoms. The largest absolute Gasteiger partial charge is 0.491 e. The van der Waals surface area contributed by atoms with Crippen molar-refractivity contribution in [2.45, 2.75) is 45.3 Å². The topological polar surface area (TPSA) is 44.5 Å². The van der Waals surface area contributed by atoms with Crippen LogP contribution in [0.15, 0.2) is 30.3 Å². The van der Waals surface area contributed by atoms with Crippen LogP contribution in [-0.2, 0) is 4.74 Å². The van der Waals surface area contributed by atoms with Crippen molar-refractivity contribution in [2.75, 3.05) is 13.2 Å². The third-order valence-electron chi connectivity index (χ3n) is 2.93. The summed E-state index contributed by atoms with van der Waals surface area (Å²) in [6, 6.07) is 9.92. The Morgan fingerprint density at radius 2 is 1.83 bits per heavy atom. The van der Waals surface area contributed by atoms with E-state index in [1.165, 1.54) is 0 Å². The molecule has 1 aromatic carbocycles. The zero-order valence-electron chi connectivity index (χ0n) is 11.5. The monoisotopic (exact) mass is 251 g/mol. The van der Waals surface area contributed by atoms with Crippen molar-refractivity contribution in [3.63, 3.8) is 0 Å². The van der Waals surface area contributed by atoms with E-state index in [1.54, 1.807) is 0 Å². The van der Waals surface area contributed by atoms with E-state index in [1.807, 2.05) is 30.3 Å². The predicted octanol–water partition coefficient (Wildman–Crippen LogP) is 2.99. The van der Waals surface area contributed by atoms with Crippen molar-refractivity contribution < 1.29 is 9.47 Å². The average molecular weight is 251 g/mol. The fourth-order valence-electron chi connectivity index (χ4n) is 1.94. The first-order chi connectivity index (χ1) is 8.77. The normalized spacial score (nSPS) is 14.2. The van der Waals surface area contributed by atoms with Gasteiger partial charge in [0, 0.05) is 6.04 Å². The van der Waals surface area contributed by atoms with Crippen LogP contribution in [0.5, 0.6) is 5.75 Å². The number of rotatable bonds is 9. The van der Waals surface area contributed by atoms with Crippen LogP contribution in [-0.4, -0.2) is 25.4 Å². The van der Waals surface area contributed by atoms with Crippen LogP contribution in [0.4, 0.5) is 0 Å². The summed E-state index contributed by atoms with van der Waals surface area (Å²) in [6.45, 7) is 5.41. The molecule has 0 fully saturated rings. The lowest BCUT2D eigenvalue weighted by Crippen LogP contribution is -2.37. The zero-order chi connectivity index (χ0) is 13.2. The predicted molar refractivity (Wildman–Crippen MR) is 74.9 cm³/mol. The number of benzene rings is 1. The second-order valence-electron chi connectivity index (χ2n) is 4.43.